The monoisotopic (exact) mass is 332 g/mol. The SMILES string of the molecule is CC(=O)OCC(C)C1CCC(C)=CC1C1=C(C(C)C)CCC(C)C1. The molecule has 0 bridgehead atoms. The molecule has 2 rings (SSSR count). The standard InChI is InChI=1S/C22H36O2/c1-14(2)19-9-7-15(3)11-21(19)22-12-16(4)8-10-20(22)17(5)13-24-18(6)23/h12,14-15,17,20,22H,7-11,13H2,1-6H3. The number of allylic oxidation sites excluding steroid dienone is 4. The fourth-order valence-electron chi connectivity index (χ4n) is 4.64. The van der Waals surface area contributed by atoms with Crippen molar-refractivity contribution in [2.24, 2.45) is 29.6 Å². The molecule has 0 aromatic heterocycles. The molecule has 2 aliphatic rings. The van der Waals surface area contributed by atoms with Gasteiger partial charge in [-0.05, 0) is 62.7 Å². The van der Waals surface area contributed by atoms with Crippen LogP contribution in [-0.2, 0) is 9.53 Å². The van der Waals surface area contributed by atoms with Crippen LogP contribution in [-0.4, -0.2) is 12.6 Å². The van der Waals surface area contributed by atoms with E-state index < -0.39 is 0 Å². The van der Waals surface area contributed by atoms with E-state index in [-0.39, 0.29) is 5.97 Å². The zero-order chi connectivity index (χ0) is 17.9. The minimum Gasteiger partial charge on any atom is -0.466 e. The third kappa shape index (κ3) is 4.74. The molecule has 2 heteroatoms. The topological polar surface area (TPSA) is 26.3 Å². The minimum absolute atomic E-state index is 0.158. The zero-order valence-corrected chi connectivity index (χ0v) is 16.5. The molecule has 136 valence electrons. The number of carbonyl (C=O) groups excluding carboxylic acids is 1. The third-order valence-corrected chi connectivity index (χ3v) is 6.06. The molecule has 0 aromatic rings. The zero-order valence-electron chi connectivity index (χ0n) is 16.5. The lowest BCUT2D eigenvalue weighted by Crippen LogP contribution is -2.31. The van der Waals surface area contributed by atoms with E-state index in [1.165, 1.54) is 44.6 Å². The molecule has 4 unspecified atom stereocenters. The number of carbonyl (C=O) groups is 1. The Hall–Kier alpha value is -1.05. The molecule has 0 aromatic carbocycles. The fraction of sp³-hybridized carbons (Fsp3) is 0.773. The van der Waals surface area contributed by atoms with Crippen LogP contribution in [0.4, 0.5) is 0 Å². The van der Waals surface area contributed by atoms with Crippen molar-refractivity contribution in [3.63, 3.8) is 0 Å². The minimum atomic E-state index is -0.158. The molecular formula is C22H36O2. The van der Waals surface area contributed by atoms with E-state index >= 15 is 0 Å². The molecule has 0 amide bonds. The van der Waals surface area contributed by atoms with Gasteiger partial charge in [-0.3, -0.25) is 4.79 Å². The maximum atomic E-state index is 11.2. The maximum absolute atomic E-state index is 11.2. The first kappa shape index (κ1) is 19.3. The van der Waals surface area contributed by atoms with Gasteiger partial charge in [0.2, 0.25) is 0 Å². The van der Waals surface area contributed by atoms with Crippen molar-refractivity contribution in [3.05, 3.63) is 22.8 Å². The molecule has 0 spiro atoms. The predicted octanol–water partition coefficient (Wildman–Crippen LogP) is 5.93. The summed E-state index contributed by atoms with van der Waals surface area (Å²) in [5.41, 5.74) is 4.95. The van der Waals surface area contributed by atoms with Gasteiger partial charge in [-0.25, -0.2) is 0 Å². The number of ether oxygens (including phenoxy) is 1. The van der Waals surface area contributed by atoms with Gasteiger partial charge < -0.3 is 4.74 Å². The highest BCUT2D eigenvalue weighted by atomic mass is 16.5. The highest BCUT2D eigenvalue weighted by Gasteiger charge is 2.34. The molecule has 2 aliphatic carbocycles. The Bertz CT molecular complexity index is 512. The Morgan fingerprint density at radius 1 is 1.25 bits per heavy atom. The van der Waals surface area contributed by atoms with E-state index in [1.54, 1.807) is 11.1 Å². The summed E-state index contributed by atoms with van der Waals surface area (Å²) >= 11 is 0. The number of hydrogen-bond donors (Lipinski definition) is 0. The van der Waals surface area contributed by atoms with Crippen molar-refractivity contribution in [2.45, 2.75) is 73.6 Å². The van der Waals surface area contributed by atoms with Gasteiger partial charge in [0, 0.05) is 12.8 Å². The molecular weight excluding hydrogens is 296 g/mol. The molecule has 0 radical (unpaired) electrons. The van der Waals surface area contributed by atoms with Crippen LogP contribution >= 0.6 is 0 Å². The van der Waals surface area contributed by atoms with E-state index in [0.717, 1.165) is 5.92 Å². The summed E-state index contributed by atoms with van der Waals surface area (Å²) in [5, 5.41) is 0. The first-order valence-corrected chi connectivity index (χ1v) is 9.82. The lowest BCUT2D eigenvalue weighted by Gasteiger charge is -2.40. The summed E-state index contributed by atoms with van der Waals surface area (Å²) in [6.07, 6.45) is 8.79. The van der Waals surface area contributed by atoms with Crippen LogP contribution in [0.1, 0.15) is 73.6 Å². The molecule has 0 saturated carbocycles. The molecule has 0 saturated heterocycles. The summed E-state index contributed by atoms with van der Waals surface area (Å²) < 4.78 is 5.34. The van der Waals surface area contributed by atoms with E-state index in [1.807, 2.05) is 0 Å². The van der Waals surface area contributed by atoms with Crippen LogP contribution < -0.4 is 0 Å². The van der Waals surface area contributed by atoms with Gasteiger partial charge in [0.15, 0.2) is 0 Å². The Labute approximate surface area is 148 Å². The van der Waals surface area contributed by atoms with Crippen LogP contribution in [0.15, 0.2) is 22.8 Å². The van der Waals surface area contributed by atoms with Gasteiger partial charge in [0.1, 0.15) is 0 Å². The van der Waals surface area contributed by atoms with Gasteiger partial charge in [-0.1, -0.05) is 50.5 Å². The van der Waals surface area contributed by atoms with Gasteiger partial charge >= 0.3 is 5.97 Å². The summed E-state index contributed by atoms with van der Waals surface area (Å²) in [5.74, 6) is 2.84. The number of esters is 1. The molecule has 0 N–H and O–H groups in total. The van der Waals surface area contributed by atoms with Crippen LogP contribution in [0, 0.1) is 29.6 Å². The lowest BCUT2D eigenvalue weighted by molar-refractivity contribution is -0.142. The maximum Gasteiger partial charge on any atom is 0.302 e. The fourth-order valence-corrected chi connectivity index (χ4v) is 4.64. The first-order chi connectivity index (χ1) is 11.3. The van der Waals surface area contributed by atoms with Gasteiger partial charge in [-0.2, -0.15) is 0 Å². The largest absolute Gasteiger partial charge is 0.466 e. The van der Waals surface area contributed by atoms with Crippen molar-refractivity contribution in [3.8, 4) is 0 Å². The van der Waals surface area contributed by atoms with Crippen molar-refractivity contribution < 1.29 is 9.53 Å². The average molecular weight is 333 g/mol. The molecule has 4 atom stereocenters. The summed E-state index contributed by atoms with van der Waals surface area (Å²) in [7, 11) is 0. The third-order valence-electron chi connectivity index (χ3n) is 6.06. The summed E-state index contributed by atoms with van der Waals surface area (Å²) in [6, 6.07) is 0. The van der Waals surface area contributed by atoms with E-state index in [4.69, 9.17) is 4.74 Å². The Balaban J connectivity index is 2.30. The van der Waals surface area contributed by atoms with Crippen molar-refractivity contribution >= 4 is 5.97 Å². The highest BCUT2D eigenvalue weighted by molar-refractivity contribution is 5.65. The summed E-state index contributed by atoms with van der Waals surface area (Å²) in [4.78, 5) is 11.2. The molecule has 24 heavy (non-hydrogen) atoms. The smallest absolute Gasteiger partial charge is 0.302 e. The van der Waals surface area contributed by atoms with Gasteiger partial charge in [0.05, 0.1) is 6.61 Å². The van der Waals surface area contributed by atoms with Crippen LogP contribution in [0.3, 0.4) is 0 Å². The van der Waals surface area contributed by atoms with Gasteiger partial charge in [0.25, 0.3) is 0 Å². The lowest BCUT2D eigenvalue weighted by atomic mass is 9.66. The normalized spacial score (nSPS) is 29.5. The second-order valence-electron chi connectivity index (χ2n) is 8.57. The quantitative estimate of drug-likeness (QED) is 0.460. The van der Waals surface area contributed by atoms with Gasteiger partial charge in [-0.15, -0.1) is 0 Å². The second kappa shape index (κ2) is 8.36. The summed E-state index contributed by atoms with van der Waals surface area (Å²) in [6.45, 7) is 13.7. The first-order valence-electron chi connectivity index (χ1n) is 9.82. The van der Waals surface area contributed by atoms with Crippen molar-refractivity contribution in [1.29, 1.82) is 0 Å². The van der Waals surface area contributed by atoms with Crippen molar-refractivity contribution in [1.82, 2.24) is 0 Å². The predicted molar refractivity (Wildman–Crippen MR) is 101 cm³/mol. The molecule has 2 nitrogen and oxygen atoms in total. The molecule has 0 aliphatic heterocycles. The Kier molecular flexibility index (Phi) is 6.71. The number of rotatable bonds is 5. The van der Waals surface area contributed by atoms with E-state index in [2.05, 4.69) is 40.7 Å². The van der Waals surface area contributed by atoms with Crippen LogP contribution in [0.25, 0.3) is 0 Å². The Morgan fingerprint density at radius 3 is 2.58 bits per heavy atom. The molecule has 0 heterocycles. The highest BCUT2D eigenvalue weighted by Crippen LogP contribution is 2.45. The van der Waals surface area contributed by atoms with Crippen LogP contribution in [0.2, 0.25) is 0 Å². The Morgan fingerprint density at radius 2 is 1.96 bits per heavy atom. The van der Waals surface area contributed by atoms with E-state index in [9.17, 15) is 4.79 Å². The molecule has 0 fully saturated rings. The average Bonchev–Trinajstić information content (AvgIpc) is 2.52. The second-order valence-corrected chi connectivity index (χ2v) is 8.57. The van der Waals surface area contributed by atoms with Crippen LogP contribution in [0.5, 0.6) is 0 Å². The van der Waals surface area contributed by atoms with Crippen molar-refractivity contribution in [2.75, 3.05) is 6.61 Å². The van der Waals surface area contributed by atoms with E-state index in [0.29, 0.717) is 30.3 Å². The number of hydrogen-bond acceptors (Lipinski definition) is 2.